The SMILES string of the molecule is CCCC(CCC)c1nc2ccc(CN)cc2[nH]1. The average Bonchev–Trinajstić information content (AvgIpc) is 2.81. The van der Waals surface area contributed by atoms with E-state index in [9.17, 15) is 0 Å². The number of aromatic amines is 1. The average molecular weight is 245 g/mol. The number of rotatable bonds is 6. The van der Waals surface area contributed by atoms with Crippen LogP contribution in [-0.4, -0.2) is 9.97 Å². The third-order valence-electron chi connectivity index (χ3n) is 3.46. The monoisotopic (exact) mass is 245 g/mol. The van der Waals surface area contributed by atoms with Crippen molar-refractivity contribution in [3.05, 3.63) is 29.6 Å². The maximum Gasteiger partial charge on any atom is 0.110 e. The molecule has 0 amide bonds. The van der Waals surface area contributed by atoms with Gasteiger partial charge < -0.3 is 10.7 Å². The molecule has 0 unspecified atom stereocenters. The number of H-pyrrole nitrogens is 1. The number of benzene rings is 1. The Morgan fingerprint density at radius 2 is 1.94 bits per heavy atom. The number of hydrogen-bond acceptors (Lipinski definition) is 2. The van der Waals surface area contributed by atoms with E-state index in [0.29, 0.717) is 12.5 Å². The van der Waals surface area contributed by atoms with Gasteiger partial charge in [0.25, 0.3) is 0 Å². The smallest absolute Gasteiger partial charge is 0.110 e. The molecule has 1 aromatic heterocycles. The molecule has 0 saturated carbocycles. The van der Waals surface area contributed by atoms with E-state index in [-0.39, 0.29) is 0 Å². The molecule has 0 aliphatic rings. The quantitative estimate of drug-likeness (QED) is 0.815. The number of imidazole rings is 1. The van der Waals surface area contributed by atoms with E-state index >= 15 is 0 Å². The third-order valence-corrected chi connectivity index (χ3v) is 3.46. The molecule has 2 aromatic rings. The summed E-state index contributed by atoms with van der Waals surface area (Å²) in [7, 11) is 0. The van der Waals surface area contributed by atoms with E-state index in [1.807, 2.05) is 0 Å². The van der Waals surface area contributed by atoms with Gasteiger partial charge in [0.2, 0.25) is 0 Å². The van der Waals surface area contributed by atoms with Crippen molar-refractivity contribution in [3.63, 3.8) is 0 Å². The van der Waals surface area contributed by atoms with Gasteiger partial charge in [-0.25, -0.2) is 4.98 Å². The Labute approximate surface area is 109 Å². The fourth-order valence-electron chi connectivity index (χ4n) is 2.51. The van der Waals surface area contributed by atoms with Crippen molar-refractivity contribution in [1.29, 1.82) is 0 Å². The Hall–Kier alpha value is -1.35. The Bertz CT molecular complexity index is 495. The van der Waals surface area contributed by atoms with Gasteiger partial charge in [0.15, 0.2) is 0 Å². The van der Waals surface area contributed by atoms with Gasteiger partial charge in [-0.2, -0.15) is 0 Å². The fourth-order valence-corrected chi connectivity index (χ4v) is 2.51. The summed E-state index contributed by atoms with van der Waals surface area (Å²) in [6.07, 6.45) is 4.82. The molecule has 18 heavy (non-hydrogen) atoms. The predicted octanol–water partition coefficient (Wildman–Crippen LogP) is 3.71. The third kappa shape index (κ3) is 2.72. The summed E-state index contributed by atoms with van der Waals surface area (Å²) in [6.45, 7) is 5.05. The van der Waals surface area contributed by atoms with Crippen molar-refractivity contribution < 1.29 is 0 Å². The van der Waals surface area contributed by atoms with Gasteiger partial charge in [-0.1, -0.05) is 32.8 Å². The molecule has 0 atom stereocenters. The Kier molecular flexibility index (Phi) is 4.37. The molecule has 2 rings (SSSR count). The first-order valence-electron chi connectivity index (χ1n) is 6.97. The molecule has 0 saturated heterocycles. The second-order valence-corrected chi connectivity index (χ2v) is 4.95. The molecule has 3 N–H and O–H groups in total. The summed E-state index contributed by atoms with van der Waals surface area (Å²) in [4.78, 5) is 8.20. The van der Waals surface area contributed by atoms with Gasteiger partial charge in [-0.05, 0) is 30.5 Å². The normalized spacial score (nSPS) is 11.6. The van der Waals surface area contributed by atoms with Crippen LogP contribution in [0.2, 0.25) is 0 Å². The molecule has 1 aromatic carbocycles. The summed E-state index contributed by atoms with van der Waals surface area (Å²) < 4.78 is 0. The minimum Gasteiger partial charge on any atom is -0.342 e. The highest BCUT2D eigenvalue weighted by Crippen LogP contribution is 2.26. The van der Waals surface area contributed by atoms with Crippen molar-refractivity contribution in [2.75, 3.05) is 0 Å². The molecular weight excluding hydrogens is 222 g/mol. The molecular formula is C15H23N3. The zero-order chi connectivity index (χ0) is 13.0. The van der Waals surface area contributed by atoms with Crippen molar-refractivity contribution >= 4 is 11.0 Å². The Balaban J connectivity index is 2.32. The van der Waals surface area contributed by atoms with E-state index in [1.54, 1.807) is 0 Å². The first kappa shape index (κ1) is 13.1. The molecule has 0 spiro atoms. The lowest BCUT2D eigenvalue weighted by atomic mass is 9.98. The first-order chi connectivity index (χ1) is 8.78. The predicted molar refractivity (Wildman–Crippen MR) is 76.5 cm³/mol. The maximum atomic E-state index is 5.67. The molecule has 0 fully saturated rings. The highest BCUT2D eigenvalue weighted by Gasteiger charge is 2.14. The number of hydrogen-bond donors (Lipinski definition) is 2. The number of nitrogens with zero attached hydrogens (tertiary/aromatic N) is 1. The first-order valence-corrected chi connectivity index (χ1v) is 6.97. The van der Waals surface area contributed by atoms with Gasteiger partial charge in [-0.15, -0.1) is 0 Å². The zero-order valence-corrected chi connectivity index (χ0v) is 11.4. The van der Waals surface area contributed by atoms with Crippen LogP contribution in [0.25, 0.3) is 11.0 Å². The second-order valence-electron chi connectivity index (χ2n) is 4.95. The van der Waals surface area contributed by atoms with E-state index in [2.05, 4.69) is 37.0 Å². The standard InChI is InChI=1S/C15H23N3/c1-3-5-12(6-4-2)15-17-13-8-7-11(10-16)9-14(13)18-15/h7-9,12H,3-6,10,16H2,1-2H3,(H,17,18). The summed E-state index contributed by atoms with van der Waals surface area (Å²) in [6, 6.07) is 6.23. The summed E-state index contributed by atoms with van der Waals surface area (Å²) in [5.41, 5.74) is 8.99. The van der Waals surface area contributed by atoms with Crippen molar-refractivity contribution in [2.45, 2.75) is 52.0 Å². The zero-order valence-electron chi connectivity index (χ0n) is 11.4. The van der Waals surface area contributed by atoms with E-state index in [4.69, 9.17) is 10.7 Å². The minimum absolute atomic E-state index is 0.564. The van der Waals surface area contributed by atoms with Crippen LogP contribution in [0, 0.1) is 0 Å². The van der Waals surface area contributed by atoms with Gasteiger partial charge in [0, 0.05) is 12.5 Å². The Morgan fingerprint density at radius 3 is 2.56 bits per heavy atom. The number of fused-ring (bicyclic) bond motifs is 1. The van der Waals surface area contributed by atoms with Crippen molar-refractivity contribution in [3.8, 4) is 0 Å². The molecule has 98 valence electrons. The highest BCUT2D eigenvalue weighted by molar-refractivity contribution is 5.76. The van der Waals surface area contributed by atoms with Crippen LogP contribution in [-0.2, 0) is 6.54 Å². The van der Waals surface area contributed by atoms with E-state index < -0.39 is 0 Å². The lowest BCUT2D eigenvalue weighted by Crippen LogP contribution is -2.00. The Morgan fingerprint density at radius 1 is 1.22 bits per heavy atom. The van der Waals surface area contributed by atoms with Crippen LogP contribution in [0.1, 0.15) is 56.8 Å². The lowest BCUT2D eigenvalue weighted by Gasteiger charge is -2.11. The molecule has 1 heterocycles. The van der Waals surface area contributed by atoms with Crippen LogP contribution in [0.5, 0.6) is 0 Å². The van der Waals surface area contributed by atoms with Crippen LogP contribution >= 0.6 is 0 Å². The summed E-state index contributed by atoms with van der Waals surface area (Å²) >= 11 is 0. The topological polar surface area (TPSA) is 54.7 Å². The van der Waals surface area contributed by atoms with Gasteiger partial charge >= 0.3 is 0 Å². The van der Waals surface area contributed by atoms with Crippen LogP contribution < -0.4 is 5.73 Å². The fraction of sp³-hybridized carbons (Fsp3) is 0.533. The van der Waals surface area contributed by atoms with Gasteiger partial charge in [0.05, 0.1) is 11.0 Å². The number of nitrogens with one attached hydrogen (secondary N) is 1. The molecule has 0 aliphatic carbocycles. The number of nitrogens with two attached hydrogens (primary N) is 1. The minimum atomic E-state index is 0.564. The van der Waals surface area contributed by atoms with Gasteiger partial charge in [-0.3, -0.25) is 0 Å². The number of aromatic nitrogens is 2. The largest absolute Gasteiger partial charge is 0.342 e. The molecule has 0 radical (unpaired) electrons. The lowest BCUT2D eigenvalue weighted by molar-refractivity contribution is 0.539. The maximum absolute atomic E-state index is 5.67. The molecule has 0 aliphatic heterocycles. The highest BCUT2D eigenvalue weighted by atomic mass is 14.9. The summed E-state index contributed by atoms with van der Waals surface area (Å²) in [5.74, 6) is 1.71. The summed E-state index contributed by atoms with van der Waals surface area (Å²) in [5, 5.41) is 0. The van der Waals surface area contributed by atoms with E-state index in [0.717, 1.165) is 22.4 Å². The van der Waals surface area contributed by atoms with Crippen molar-refractivity contribution in [2.24, 2.45) is 5.73 Å². The van der Waals surface area contributed by atoms with Crippen LogP contribution in [0.4, 0.5) is 0 Å². The van der Waals surface area contributed by atoms with E-state index in [1.165, 1.54) is 25.7 Å². The molecule has 3 heteroatoms. The van der Waals surface area contributed by atoms with Gasteiger partial charge in [0.1, 0.15) is 5.82 Å². The van der Waals surface area contributed by atoms with Crippen LogP contribution in [0.15, 0.2) is 18.2 Å². The second kappa shape index (κ2) is 6.01. The van der Waals surface area contributed by atoms with Crippen molar-refractivity contribution in [1.82, 2.24) is 9.97 Å². The molecule has 3 nitrogen and oxygen atoms in total. The molecule has 0 bridgehead atoms. The van der Waals surface area contributed by atoms with Crippen LogP contribution in [0.3, 0.4) is 0 Å².